The van der Waals surface area contributed by atoms with E-state index in [1.54, 1.807) is 0 Å². The first-order chi connectivity index (χ1) is 10.9. The normalized spacial score (nSPS) is 23.7. The van der Waals surface area contributed by atoms with Crippen molar-refractivity contribution >= 4 is 6.08 Å². The predicted octanol–water partition coefficient (Wildman–Crippen LogP) is 3.01. The third-order valence-electron chi connectivity index (χ3n) is 4.42. The van der Waals surface area contributed by atoms with Crippen LogP contribution >= 0.6 is 0 Å². The third kappa shape index (κ3) is 4.72. The molecule has 0 saturated carbocycles. The van der Waals surface area contributed by atoms with Crippen LogP contribution in [-0.2, 0) is 4.74 Å². The van der Waals surface area contributed by atoms with E-state index < -0.39 is 0 Å². The van der Waals surface area contributed by atoms with E-state index in [2.05, 4.69) is 58.4 Å². The van der Waals surface area contributed by atoms with Gasteiger partial charge in [0.2, 0.25) is 0 Å². The quantitative estimate of drug-likeness (QED) is 0.831. The second kappa shape index (κ2) is 8.16. The highest BCUT2D eigenvalue weighted by Crippen LogP contribution is 2.13. The van der Waals surface area contributed by atoms with Crippen LogP contribution in [0.15, 0.2) is 48.7 Å². The lowest BCUT2D eigenvalue weighted by atomic mass is 10.1. The summed E-state index contributed by atoms with van der Waals surface area (Å²) < 4.78 is 5.67. The van der Waals surface area contributed by atoms with Crippen molar-refractivity contribution in [2.24, 2.45) is 0 Å². The molecule has 1 aromatic carbocycles. The summed E-state index contributed by atoms with van der Waals surface area (Å²) in [4.78, 5) is 5.07. The van der Waals surface area contributed by atoms with Crippen molar-refractivity contribution in [2.75, 3.05) is 39.3 Å². The molecule has 1 saturated heterocycles. The van der Waals surface area contributed by atoms with Crippen molar-refractivity contribution in [3.63, 3.8) is 0 Å². The second-order valence-corrected chi connectivity index (χ2v) is 6.12. The lowest BCUT2D eigenvalue weighted by Gasteiger charge is -2.36. The summed E-state index contributed by atoms with van der Waals surface area (Å²) in [5.74, 6) is 0. The highest BCUT2D eigenvalue weighted by Gasteiger charge is 2.20. The average Bonchev–Trinajstić information content (AvgIpc) is 2.58. The van der Waals surface area contributed by atoms with Crippen LogP contribution < -0.4 is 0 Å². The van der Waals surface area contributed by atoms with Gasteiger partial charge in [0.1, 0.15) is 6.10 Å². The number of ether oxygens (including phenoxy) is 1. The molecule has 0 N–H and O–H groups in total. The Morgan fingerprint density at radius 2 is 1.82 bits per heavy atom. The van der Waals surface area contributed by atoms with Crippen LogP contribution in [0.25, 0.3) is 6.08 Å². The zero-order chi connectivity index (χ0) is 15.0. The molecule has 0 unspecified atom stereocenters. The summed E-state index contributed by atoms with van der Waals surface area (Å²) in [6.45, 7) is 6.75. The van der Waals surface area contributed by atoms with Gasteiger partial charge in [-0.2, -0.15) is 0 Å². The van der Waals surface area contributed by atoms with Crippen molar-refractivity contribution in [3.8, 4) is 0 Å². The molecule has 0 bridgehead atoms. The van der Waals surface area contributed by atoms with Crippen molar-refractivity contribution in [1.29, 1.82) is 0 Å². The number of piperazine rings is 1. The Labute approximate surface area is 133 Å². The Bertz CT molecular complexity index is 489. The molecule has 118 valence electrons. The van der Waals surface area contributed by atoms with Gasteiger partial charge in [0, 0.05) is 39.3 Å². The first-order valence-electron chi connectivity index (χ1n) is 8.37. The third-order valence-corrected chi connectivity index (χ3v) is 4.42. The summed E-state index contributed by atoms with van der Waals surface area (Å²) in [5.41, 5.74) is 1.28. The molecule has 2 heterocycles. The SMILES string of the molecule is C1=CO[C@H](CN2CCN(C/C=C/c3ccccc3)CC2)CC1. The van der Waals surface area contributed by atoms with E-state index in [9.17, 15) is 0 Å². The average molecular weight is 298 g/mol. The molecule has 1 atom stereocenters. The molecule has 3 nitrogen and oxygen atoms in total. The van der Waals surface area contributed by atoms with Gasteiger partial charge in [-0.05, 0) is 24.5 Å². The first-order valence-corrected chi connectivity index (χ1v) is 8.37. The molecule has 22 heavy (non-hydrogen) atoms. The van der Waals surface area contributed by atoms with Gasteiger partial charge in [-0.15, -0.1) is 0 Å². The van der Waals surface area contributed by atoms with Crippen LogP contribution in [-0.4, -0.2) is 55.2 Å². The highest BCUT2D eigenvalue weighted by molar-refractivity contribution is 5.48. The molecule has 0 aliphatic carbocycles. The van der Waals surface area contributed by atoms with Crippen LogP contribution in [0.3, 0.4) is 0 Å². The predicted molar refractivity (Wildman–Crippen MR) is 91.6 cm³/mol. The van der Waals surface area contributed by atoms with E-state index in [-0.39, 0.29) is 0 Å². The molecule has 1 fully saturated rings. The fourth-order valence-electron chi connectivity index (χ4n) is 3.06. The molecule has 3 heteroatoms. The van der Waals surface area contributed by atoms with E-state index >= 15 is 0 Å². The van der Waals surface area contributed by atoms with Crippen LogP contribution in [0.2, 0.25) is 0 Å². The van der Waals surface area contributed by atoms with Gasteiger partial charge in [-0.1, -0.05) is 42.5 Å². The zero-order valence-corrected chi connectivity index (χ0v) is 13.2. The second-order valence-electron chi connectivity index (χ2n) is 6.12. The molecule has 0 aromatic heterocycles. The minimum atomic E-state index is 0.398. The van der Waals surface area contributed by atoms with E-state index in [1.807, 2.05) is 6.26 Å². The van der Waals surface area contributed by atoms with Gasteiger partial charge in [0.15, 0.2) is 0 Å². The Morgan fingerprint density at radius 3 is 2.55 bits per heavy atom. The van der Waals surface area contributed by atoms with E-state index in [0.717, 1.165) is 52.1 Å². The van der Waals surface area contributed by atoms with Gasteiger partial charge < -0.3 is 4.74 Å². The van der Waals surface area contributed by atoms with Gasteiger partial charge in [-0.3, -0.25) is 9.80 Å². The number of benzene rings is 1. The molecule has 2 aliphatic heterocycles. The molecule has 0 radical (unpaired) electrons. The lowest BCUT2D eigenvalue weighted by molar-refractivity contribution is 0.0554. The van der Waals surface area contributed by atoms with Crippen molar-refractivity contribution in [3.05, 3.63) is 54.3 Å². The summed E-state index contributed by atoms with van der Waals surface area (Å²) in [7, 11) is 0. The fraction of sp³-hybridized carbons (Fsp3) is 0.474. The van der Waals surface area contributed by atoms with Gasteiger partial charge in [0.05, 0.1) is 6.26 Å². The summed E-state index contributed by atoms with van der Waals surface area (Å²) in [6.07, 6.45) is 11.2. The maximum absolute atomic E-state index is 5.67. The number of nitrogens with zero attached hydrogens (tertiary/aromatic N) is 2. The van der Waals surface area contributed by atoms with Gasteiger partial charge in [-0.25, -0.2) is 0 Å². The zero-order valence-electron chi connectivity index (χ0n) is 13.2. The number of hydrogen-bond donors (Lipinski definition) is 0. The Morgan fingerprint density at radius 1 is 1.05 bits per heavy atom. The van der Waals surface area contributed by atoms with E-state index in [4.69, 9.17) is 4.74 Å². The standard InChI is InChI=1S/C19H26N2O/c1-2-7-18(8-3-1)9-6-11-20-12-14-21(15-13-20)17-19-10-4-5-16-22-19/h1-3,5-9,16,19H,4,10-15,17H2/b9-6+/t19-/m0/s1. The molecule has 2 aliphatic rings. The Hall–Kier alpha value is -1.58. The van der Waals surface area contributed by atoms with Gasteiger partial charge >= 0.3 is 0 Å². The van der Waals surface area contributed by atoms with Crippen LogP contribution in [0, 0.1) is 0 Å². The van der Waals surface area contributed by atoms with E-state index in [0.29, 0.717) is 6.10 Å². The van der Waals surface area contributed by atoms with Crippen LogP contribution in [0.4, 0.5) is 0 Å². The number of allylic oxidation sites excluding steroid dienone is 1. The molecule has 1 aromatic rings. The fourth-order valence-corrected chi connectivity index (χ4v) is 3.06. The molecular formula is C19H26N2O. The summed E-state index contributed by atoms with van der Waals surface area (Å²) >= 11 is 0. The number of hydrogen-bond acceptors (Lipinski definition) is 3. The molecular weight excluding hydrogens is 272 g/mol. The number of rotatable bonds is 5. The summed E-state index contributed by atoms with van der Waals surface area (Å²) in [6, 6.07) is 10.5. The minimum Gasteiger partial charge on any atom is -0.497 e. The van der Waals surface area contributed by atoms with Crippen molar-refractivity contribution < 1.29 is 4.74 Å². The summed E-state index contributed by atoms with van der Waals surface area (Å²) in [5, 5.41) is 0. The Kier molecular flexibility index (Phi) is 5.68. The molecule has 3 rings (SSSR count). The monoisotopic (exact) mass is 298 g/mol. The van der Waals surface area contributed by atoms with Crippen LogP contribution in [0.1, 0.15) is 18.4 Å². The van der Waals surface area contributed by atoms with Gasteiger partial charge in [0.25, 0.3) is 0 Å². The first kappa shape index (κ1) is 15.3. The molecule has 0 spiro atoms. The maximum atomic E-state index is 5.67. The minimum absolute atomic E-state index is 0.398. The van der Waals surface area contributed by atoms with E-state index in [1.165, 1.54) is 5.56 Å². The van der Waals surface area contributed by atoms with Crippen molar-refractivity contribution in [1.82, 2.24) is 9.80 Å². The topological polar surface area (TPSA) is 15.7 Å². The van der Waals surface area contributed by atoms with Crippen molar-refractivity contribution in [2.45, 2.75) is 18.9 Å². The molecule has 0 amide bonds. The highest BCUT2D eigenvalue weighted by atomic mass is 16.5. The Balaban J connectivity index is 1.36. The van der Waals surface area contributed by atoms with Crippen LogP contribution in [0.5, 0.6) is 0 Å². The largest absolute Gasteiger partial charge is 0.497 e. The smallest absolute Gasteiger partial charge is 0.111 e. The maximum Gasteiger partial charge on any atom is 0.111 e. The lowest BCUT2D eigenvalue weighted by Crippen LogP contribution is -2.48.